The molecule has 55 heavy (non-hydrogen) atoms. The van der Waals surface area contributed by atoms with Crippen LogP contribution in [0.4, 0.5) is 0 Å². The van der Waals surface area contributed by atoms with Gasteiger partial charge in [0.15, 0.2) is 0 Å². The molecule has 0 spiro atoms. The summed E-state index contributed by atoms with van der Waals surface area (Å²) in [5.74, 6) is -1.93. The van der Waals surface area contributed by atoms with Crippen LogP contribution in [0.5, 0.6) is 23.0 Å². The third-order valence-electron chi connectivity index (χ3n) is 8.99. The highest BCUT2D eigenvalue weighted by Gasteiger charge is 2.38. The lowest BCUT2D eigenvalue weighted by Gasteiger charge is -2.31. The highest BCUT2D eigenvalue weighted by molar-refractivity contribution is 5.72. The Morgan fingerprint density at radius 3 is 0.964 bits per heavy atom. The van der Waals surface area contributed by atoms with E-state index in [0.717, 1.165) is 22.3 Å². The zero-order chi connectivity index (χ0) is 39.8. The Balaban J connectivity index is 1.48. The van der Waals surface area contributed by atoms with Gasteiger partial charge in [-0.3, -0.25) is 19.2 Å². The molecule has 0 radical (unpaired) electrons. The number of ether oxygens (including phenoxy) is 4. The molecule has 4 N–H and O–H groups in total. The lowest BCUT2D eigenvalue weighted by Crippen LogP contribution is -2.44. The van der Waals surface area contributed by atoms with E-state index in [4.69, 9.17) is 18.9 Å². The van der Waals surface area contributed by atoms with Crippen molar-refractivity contribution in [1.82, 2.24) is 0 Å². The minimum absolute atomic E-state index is 0.0228. The number of esters is 4. The van der Waals surface area contributed by atoms with Crippen LogP contribution in [0.3, 0.4) is 0 Å². The normalized spacial score (nSPS) is 11.1. The Labute approximate surface area is 320 Å². The first-order valence-electron chi connectivity index (χ1n) is 18.0. The molecule has 0 aromatic heterocycles. The summed E-state index contributed by atoms with van der Waals surface area (Å²) in [7, 11) is 0. The summed E-state index contributed by atoms with van der Waals surface area (Å²) < 4.78 is 22.7. The van der Waals surface area contributed by atoms with Gasteiger partial charge in [-0.1, -0.05) is 48.5 Å². The first-order valence-corrected chi connectivity index (χ1v) is 18.0. The van der Waals surface area contributed by atoms with E-state index in [1.165, 1.54) is 36.4 Å². The molecular formula is C43H48O12. The van der Waals surface area contributed by atoms with E-state index in [1.807, 2.05) is 0 Å². The number of phenols is 4. The standard InChI is InChI=1S/C43H48O12/c1-29-23-34(24-30(2)42(29)51)12-22-41(50)55-28-43(25-52-38(47)19-9-31-3-13-35(44)14-4-31,26-53-39(48)20-10-32-5-15-36(45)16-6-32)27-54-40(49)21-11-33-7-17-37(46)18-8-33/h3-8,13-18,23-24,44-46,51H,9-12,19-22,25-28H2,1-2H3. The van der Waals surface area contributed by atoms with Crippen LogP contribution >= 0.6 is 0 Å². The number of carbonyl (C=O) groups excluding carboxylic acids is 4. The van der Waals surface area contributed by atoms with Crippen LogP contribution in [0.25, 0.3) is 0 Å². The zero-order valence-electron chi connectivity index (χ0n) is 31.1. The molecule has 0 saturated carbocycles. The maximum Gasteiger partial charge on any atom is 0.306 e. The maximum absolute atomic E-state index is 13.1. The van der Waals surface area contributed by atoms with Crippen molar-refractivity contribution in [1.29, 1.82) is 0 Å². The van der Waals surface area contributed by atoms with Gasteiger partial charge in [0.2, 0.25) is 0 Å². The van der Waals surface area contributed by atoms with Gasteiger partial charge in [0.05, 0.1) is 0 Å². The summed E-state index contributed by atoms with van der Waals surface area (Å²) in [5, 5.41) is 38.9. The van der Waals surface area contributed by atoms with E-state index in [9.17, 15) is 39.6 Å². The van der Waals surface area contributed by atoms with E-state index in [1.54, 1.807) is 62.4 Å². The quantitative estimate of drug-likeness (QED) is 0.0599. The Kier molecular flexibility index (Phi) is 15.5. The molecule has 0 aliphatic heterocycles. The van der Waals surface area contributed by atoms with Gasteiger partial charge in [-0.25, -0.2) is 0 Å². The van der Waals surface area contributed by atoms with E-state index in [2.05, 4.69) is 0 Å². The summed E-state index contributed by atoms with van der Waals surface area (Å²) in [6.45, 7) is 1.87. The predicted octanol–water partition coefficient (Wildman–Crippen LogP) is 6.12. The number of hydrogen-bond acceptors (Lipinski definition) is 12. The molecule has 12 heteroatoms. The number of phenolic OH excluding ortho intramolecular Hbond substituents is 4. The van der Waals surface area contributed by atoms with Crippen LogP contribution in [0.2, 0.25) is 0 Å². The van der Waals surface area contributed by atoms with Gasteiger partial charge in [-0.15, -0.1) is 0 Å². The second kappa shape index (κ2) is 20.4. The van der Waals surface area contributed by atoms with Gasteiger partial charge >= 0.3 is 23.9 Å². The highest BCUT2D eigenvalue weighted by Crippen LogP contribution is 2.26. The van der Waals surface area contributed by atoms with E-state index < -0.39 is 55.7 Å². The van der Waals surface area contributed by atoms with Crippen LogP contribution in [-0.2, 0) is 63.8 Å². The van der Waals surface area contributed by atoms with E-state index in [0.29, 0.717) is 36.8 Å². The minimum Gasteiger partial charge on any atom is -0.508 e. The molecule has 4 aromatic carbocycles. The van der Waals surface area contributed by atoms with E-state index in [-0.39, 0.29) is 48.7 Å². The average Bonchev–Trinajstić information content (AvgIpc) is 3.17. The lowest BCUT2D eigenvalue weighted by atomic mass is 9.92. The van der Waals surface area contributed by atoms with Gasteiger partial charge in [0.25, 0.3) is 0 Å². The van der Waals surface area contributed by atoms with Gasteiger partial charge in [-0.05, 0) is 109 Å². The van der Waals surface area contributed by atoms with Crippen LogP contribution in [0.15, 0.2) is 84.9 Å². The Hall–Kier alpha value is -6.04. The minimum atomic E-state index is -1.47. The summed E-state index contributed by atoms with van der Waals surface area (Å²) >= 11 is 0. The predicted molar refractivity (Wildman–Crippen MR) is 201 cm³/mol. The topological polar surface area (TPSA) is 186 Å². The van der Waals surface area contributed by atoms with Crippen LogP contribution in [0, 0.1) is 19.3 Å². The molecule has 0 unspecified atom stereocenters. The zero-order valence-corrected chi connectivity index (χ0v) is 31.1. The van der Waals surface area contributed by atoms with Crippen LogP contribution in [-0.4, -0.2) is 70.7 Å². The first-order chi connectivity index (χ1) is 26.3. The van der Waals surface area contributed by atoms with Crippen molar-refractivity contribution in [2.75, 3.05) is 26.4 Å². The number of benzene rings is 4. The fraction of sp³-hybridized carbons (Fsp3) is 0.349. The molecule has 0 atom stereocenters. The number of carbonyl (C=O) groups is 4. The fourth-order valence-electron chi connectivity index (χ4n) is 5.64. The second-order valence-corrected chi connectivity index (χ2v) is 13.7. The highest BCUT2D eigenvalue weighted by atomic mass is 16.6. The molecular weight excluding hydrogens is 708 g/mol. The average molecular weight is 757 g/mol. The van der Waals surface area contributed by atoms with Crippen LogP contribution < -0.4 is 0 Å². The van der Waals surface area contributed by atoms with Gasteiger partial charge in [-0.2, -0.15) is 0 Å². The monoisotopic (exact) mass is 756 g/mol. The third kappa shape index (κ3) is 14.4. The first kappa shape index (κ1) is 41.7. The fourth-order valence-corrected chi connectivity index (χ4v) is 5.64. The molecule has 0 aliphatic rings. The van der Waals surface area contributed by atoms with Crippen molar-refractivity contribution in [2.45, 2.75) is 65.2 Å². The van der Waals surface area contributed by atoms with Crippen molar-refractivity contribution < 1.29 is 58.6 Å². The Morgan fingerprint density at radius 1 is 0.436 bits per heavy atom. The smallest absolute Gasteiger partial charge is 0.306 e. The molecule has 0 heterocycles. The Bertz CT molecular complexity index is 1700. The van der Waals surface area contributed by atoms with E-state index >= 15 is 0 Å². The third-order valence-corrected chi connectivity index (χ3v) is 8.99. The summed E-state index contributed by atoms with van der Waals surface area (Å²) in [5.41, 5.74) is 3.07. The number of aromatic hydroxyl groups is 4. The molecule has 4 rings (SSSR count). The molecule has 12 nitrogen and oxygen atoms in total. The Morgan fingerprint density at radius 2 is 0.691 bits per heavy atom. The lowest BCUT2D eigenvalue weighted by molar-refractivity contribution is -0.170. The van der Waals surface area contributed by atoms with Crippen molar-refractivity contribution in [3.8, 4) is 23.0 Å². The number of aryl methyl sites for hydroxylation is 6. The number of rotatable bonds is 20. The molecule has 0 saturated heterocycles. The summed E-state index contributed by atoms with van der Waals surface area (Å²) in [4.78, 5) is 52.1. The largest absolute Gasteiger partial charge is 0.508 e. The molecule has 4 aromatic rings. The molecule has 0 bridgehead atoms. The maximum atomic E-state index is 13.1. The van der Waals surface area contributed by atoms with Crippen molar-refractivity contribution >= 4 is 23.9 Å². The van der Waals surface area contributed by atoms with Crippen LogP contribution in [0.1, 0.15) is 59.1 Å². The van der Waals surface area contributed by atoms with Crippen molar-refractivity contribution in [3.05, 3.63) is 118 Å². The second-order valence-electron chi connectivity index (χ2n) is 13.7. The SMILES string of the molecule is Cc1cc(CCC(=O)OCC(COC(=O)CCc2ccc(O)cc2)(COC(=O)CCc2ccc(O)cc2)COC(=O)CCc2ccc(O)cc2)cc(C)c1O. The van der Waals surface area contributed by atoms with Crippen molar-refractivity contribution in [3.63, 3.8) is 0 Å². The summed E-state index contributed by atoms with van der Waals surface area (Å²) in [6, 6.07) is 22.7. The molecule has 0 amide bonds. The van der Waals surface area contributed by atoms with Gasteiger partial charge in [0.1, 0.15) is 54.8 Å². The van der Waals surface area contributed by atoms with Gasteiger partial charge < -0.3 is 39.4 Å². The molecule has 292 valence electrons. The summed E-state index contributed by atoms with van der Waals surface area (Å²) in [6.07, 6.45) is 1.17. The molecule has 0 fully saturated rings. The molecule has 0 aliphatic carbocycles. The van der Waals surface area contributed by atoms with Gasteiger partial charge in [0, 0.05) is 25.7 Å². The number of hydrogen-bond donors (Lipinski definition) is 4. The van der Waals surface area contributed by atoms with Crippen molar-refractivity contribution in [2.24, 2.45) is 5.41 Å².